The van der Waals surface area contributed by atoms with Crippen LogP contribution >= 0.6 is 7.87 Å². The van der Waals surface area contributed by atoms with Crippen LogP contribution in [-0.4, -0.2) is 30.8 Å². The fraction of sp³-hybridized carbons (Fsp3) is 0. The zero-order chi connectivity index (χ0) is 13.8. The third kappa shape index (κ3) is 3.59. The SMILES string of the molecule is [2H][P+](c1ccccc1)(c1ccccc1)c1ccccc1.[Na]. The summed E-state index contributed by atoms with van der Waals surface area (Å²) >= 11 is 0. The fourth-order valence-corrected chi connectivity index (χ4v) is 4.48. The Morgan fingerprint density at radius 2 is 0.750 bits per heavy atom. The molecule has 0 saturated heterocycles. The molecular formula is C18H16NaP+. The summed E-state index contributed by atoms with van der Waals surface area (Å²) in [4.78, 5) is 0. The summed E-state index contributed by atoms with van der Waals surface area (Å²) in [6.45, 7) is 0. The van der Waals surface area contributed by atoms with E-state index in [1.54, 1.807) is 0 Å². The molecule has 3 rings (SSSR count). The Morgan fingerprint density at radius 1 is 0.500 bits per heavy atom. The first-order valence-electron chi connectivity index (χ1n) is 6.85. The van der Waals surface area contributed by atoms with Crippen molar-refractivity contribution in [1.29, 1.82) is 1.28 Å². The van der Waals surface area contributed by atoms with E-state index in [2.05, 4.69) is 36.4 Å². The Morgan fingerprint density at radius 3 is 1.00 bits per heavy atom. The van der Waals surface area contributed by atoms with Gasteiger partial charge in [0, 0.05) is 29.6 Å². The largest absolute Gasteiger partial charge is 0.286 e. The molecule has 0 heterocycles. The minimum atomic E-state index is -2.28. The molecule has 0 aliphatic heterocycles. The van der Waals surface area contributed by atoms with Crippen LogP contribution in [0.3, 0.4) is 0 Å². The molecule has 1 radical (unpaired) electrons. The topological polar surface area (TPSA) is 0 Å². The maximum absolute atomic E-state index is 9.25. The maximum Gasteiger partial charge on any atom is 0.286 e. The van der Waals surface area contributed by atoms with Crippen LogP contribution in [-0.2, 0) is 0 Å². The van der Waals surface area contributed by atoms with Crippen molar-refractivity contribution < 1.29 is 0 Å². The first kappa shape index (κ1) is 14.0. The van der Waals surface area contributed by atoms with Crippen LogP contribution in [0, 0.1) is 0 Å². The van der Waals surface area contributed by atoms with Crippen molar-refractivity contribution >= 4 is 53.3 Å². The Kier molecular flexibility index (Phi) is 5.45. The van der Waals surface area contributed by atoms with Crippen LogP contribution < -0.4 is 15.9 Å². The second-order valence-electron chi connectivity index (χ2n) is 4.34. The van der Waals surface area contributed by atoms with E-state index < -0.39 is 7.87 Å². The molecule has 0 aromatic heterocycles. The maximum atomic E-state index is 9.25. The monoisotopic (exact) mass is 287 g/mol. The zero-order valence-electron chi connectivity index (χ0n) is 12.6. The third-order valence-corrected chi connectivity index (χ3v) is 5.49. The van der Waals surface area contributed by atoms with Crippen molar-refractivity contribution in [3.63, 3.8) is 0 Å². The molecule has 0 atom stereocenters. The van der Waals surface area contributed by atoms with Crippen LogP contribution in [0.4, 0.5) is 0 Å². The molecule has 0 fully saturated rings. The summed E-state index contributed by atoms with van der Waals surface area (Å²) in [6.07, 6.45) is 0. The van der Waals surface area contributed by atoms with Gasteiger partial charge in [-0.25, -0.2) is 0 Å². The summed E-state index contributed by atoms with van der Waals surface area (Å²) in [5.74, 6) is 0. The molecule has 3 aromatic rings. The predicted molar refractivity (Wildman–Crippen MR) is 92.3 cm³/mol. The number of rotatable bonds is 3. The molecule has 0 spiro atoms. The molecule has 0 amide bonds. The second kappa shape index (κ2) is 7.76. The molecule has 0 nitrogen and oxygen atoms in total. The van der Waals surface area contributed by atoms with Crippen molar-refractivity contribution in [2.45, 2.75) is 0 Å². The minimum absolute atomic E-state index is 0. The average molecular weight is 287 g/mol. The van der Waals surface area contributed by atoms with Gasteiger partial charge in [0.05, 0.1) is 7.87 Å². The van der Waals surface area contributed by atoms with Gasteiger partial charge in [0.1, 0.15) is 15.9 Å². The first-order valence-corrected chi connectivity index (χ1v) is 7.74. The Hall–Kier alpha value is -0.910. The van der Waals surface area contributed by atoms with Crippen molar-refractivity contribution in [2.75, 3.05) is 0 Å². The Balaban J connectivity index is 0.00000161. The summed E-state index contributed by atoms with van der Waals surface area (Å²) in [5.41, 5.74) is 0. The number of hydrogen-bond donors (Lipinski definition) is 0. The minimum Gasteiger partial charge on any atom is -0.0620 e. The van der Waals surface area contributed by atoms with E-state index in [-0.39, 0.29) is 29.6 Å². The predicted octanol–water partition coefficient (Wildman–Crippen LogP) is 2.80. The molecule has 93 valence electrons. The molecule has 2 heteroatoms. The standard InChI is InChI=1S/C18H15P.Na/c1-4-10-16(11-5-1)19(17-12-6-2-7-13-17)18-14-8-3-9-15-18;/h1-15H;/p+1/i/hD. The summed E-state index contributed by atoms with van der Waals surface area (Å²) in [7, 11) is -2.28. The van der Waals surface area contributed by atoms with Gasteiger partial charge in [0.15, 0.2) is 0 Å². The molecule has 0 N–H and O–H groups in total. The second-order valence-corrected chi connectivity index (χ2v) is 6.56. The van der Waals surface area contributed by atoms with Gasteiger partial charge in [0.25, 0.3) is 1.28 Å². The van der Waals surface area contributed by atoms with Crippen molar-refractivity contribution in [1.82, 2.24) is 0 Å². The molecule has 0 aliphatic rings. The Bertz CT molecular complexity index is 575. The molecule has 0 bridgehead atoms. The van der Waals surface area contributed by atoms with Gasteiger partial charge >= 0.3 is 0 Å². The molecular weight excluding hydrogens is 270 g/mol. The van der Waals surface area contributed by atoms with E-state index in [0.717, 1.165) is 15.9 Å². The van der Waals surface area contributed by atoms with Crippen molar-refractivity contribution in [2.24, 2.45) is 0 Å². The normalized spacial score (nSPS) is 11.3. The Labute approximate surface area is 145 Å². The van der Waals surface area contributed by atoms with Crippen LogP contribution in [0.5, 0.6) is 0 Å². The van der Waals surface area contributed by atoms with Crippen LogP contribution in [0.2, 0.25) is 0 Å². The smallest absolute Gasteiger partial charge is 0.0620 e. The molecule has 0 unspecified atom stereocenters. The average Bonchev–Trinajstić information content (AvgIpc) is 2.56. The van der Waals surface area contributed by atoms with E-state index in [0.29, 0.717) is 0 Å². The molecule has 3 aromatic carbocycles. The van der Waals surface area contributed by atoms with Gasteiger partial charge in [-0.15, -0.1) is 0 Å². The number of benzene rings is 3. The summed E-state index contributed by atoms with van der Waals surface area (Å²) in [5, 5.41) is 3.28. The van der Waals surface area contributed by atoms with Crippen molar-refractivity contribution in [3.8, 4) is 0 Å². The van der Waals surface area contributed by atoms with Gasteiger partial charge in [0.2, 0.25) is 0 Å². The van der Waals surface area contributed by atoms with Crippen LogP contribution in [0.25, 0.3) is 0 Å². The van der Waals surface area contributed by atoms with Gasteiger partial charge < -0.3 is 0 Å². The van der Waals surface area contributed by atoms with Crippen LogP contribution in [0.15, 0.2) is 91.0 Å². The molecule has 0 aliphatic carbocycles. The van der Waals surface area contributed by atoms with E-state index >= 15 is 0 Å². The molecule has 20 heavy (non-hydrogen) atoms. The van der Waals surface area contributed by atoms with Gasteiger partial charge in [-0.2, -0.15) is 0 Å². The molecule has 0 saturated carbocycles. The van der Waals surface area contributed by atoms with Gasteiger partial charge in [-0.3, -0.25) is 0 Å². The van der Waals surface area contributed by atoms with Crippen LogP contribution in [0.1, 0.15) is 0 Å². The van der Waals surface area contributed by atoms with E-state index in [1.165, 1.54) is 0 Å². The van der Waals surface area contributed by atoms with E-state index in [4.69, 9.17) is 0 Å². The van der Waals surface area contributed by atoms with Gasteiger partial charge in [-0.05, 0) is 36.4 Å². The summed E-state index contributed by atoms with van der Waals surface area (Å²) in [6, 6.07) is 30.5. The fourth-order valence-electron chi connectivity index (χ4n) is 2.18. The third-order valence-electron chi connectivity index (χ3n) is 3.04. The first-order chi connectivity index (χ1) is 9.82. The quantitative estimate of drug-likeness (QED) is 0.513. The summed E-state index contributed by atoms with van der Waals surface area (Å²) < 4.78 is 9.25. The van der Waals surface area contributed by atoms with Gasteiger partial charge in [-0.1, -0.05) is 54.6 Å². The van der Waals surface area contributed by atoms with Crippen molar-refractivity contribution in [3.05, 3.63) is 91.0 Å². The number of hydrogen-bond acceptors (Lipinski definition) is 0. The zero-order valence-corrected chi connectivity index (χ0v) is 14.5. The van der Waals surface area contributed by atoms with E-state index in [9.17, 15) is 1.28 Å². The van der Waals surface area contributed by atoms with E-state index in [1.807, 2.05) is 54.6 Å².